The zero-order valence-corrected chi connectivity index (χ0v) is 15.4. The molecular weight excluding hydrogens is 312 g/mol. The standard InChI is InChI=1S/C20H28N4O/c1-16-6-4-7-17(14-16)19(2,3)15-22-18(25)20(8-11-21-12-9-20)24-13-5-10-23-24/h4-7,10,13-14,21H,8-9,11-12,15H2,1-3H3,(H,22,25). The van der Waals surface area contributed by atoms with Crippen LogP contribution in [0.25, 0.3) is 0 Å². The summed E-state index contributed by atoms with van der Waals surface area (Å²) in [5, 5.41) is 10.9. The van der Waals surface area contributed by atoms with Crippen LogP contribution in [0.4, 0.5) is 0 Å². The molecule has 134 valence electrons. The van der Waals surface area contributed by atoms with Crippen molar-refractivity contribution in [1.82, 2.24) is 20.4 Å². The Labute approximate surface area is 149 Å². The number of amides is 1. The van der Waals surface area contributed by atoms with Gasteiger partial charge in [-0.15, -0.1) is 0 Å². The van der Waals surface area contributed by atoms with Gasteiger partial charge in [0, 0.05) is 24.4 Å². The minimum absolute atomic E-state index is 0.0680. The van der Waals surface area contributed by atoms with E-state index in [-0.39, 0.29) is 11.3 Å². The highest BCUT2D eigenvalue weighted by Gasteiger charge is 2.42. The van der Waals surface area contributed by atoms with Gasteiger partial charge in [-0.1, -0.05) is 43.7 Å². The smallest absolute Gasteiger partial charge is 0.248 e. The van der Waals surface area contributed by atoms with Crippen molar-refractivity contribution in [1.29, 1.82) is 0 Å². The molecule has 1 aliphatic heterocycles. The van der Waals surface area contributed by atoms with E-state index in [4.69, 9.17) is 0 Å². The summed E-state index contributed by atoms with van der Waals surface area (Å²) < 4.78 is 1.84. The van der Waals surface area contributed by atoms with E-state index in [1.807, 2.05) is 16.9 Å². The van der Waals surface area contributed by atoms with Crippen LogP contribution >= 0.6 is 0 Å². The molecule has 1 aliphatic rings. The lowest BCUT2D eigenvalue weighted by Crippen LogP contribution is -2.56. The van der Waals surface area contributed by atoms with Gasteiger partial charge in [-0.2, -0.15) is 5.10 Å². The van der Waals surface area contributed by atoms with E-state index in [1.54, 1.807) is 6.20 Å². The zero-order chi connectivity index (χ0) is 17.9. The lowest BCUT2D eigenvalue weighted by Gasteiger charge is -2.37. The Morgan fingerprint density at radius 2 is 2.08 bits per heavy atom. The quantitative estimate of drug-likeness (QED) is 0.878. The minimum atomic E-state index is -0.586. The summed E-state index contributed by atoms with van der Waals surface area (Å²) >= 11 is 0. The molecule has 1 aromatic carbocycles. The van der Waals surface area contributed by atoms with Crippen LogP contribution in [0.15, 0.2) is 42.7 Å². The topological polar surface area (TPSA) is 59.0 Å². The molecule has 1 saturated heterocycles. The zero-order valence-electron chi connectivity index (χ0n) is 15.4. The molecule has 1 amide bonds. The van der Waals surface area contributed by atoms with E-state index in [0.717, 1.165) is 25.9 Å². The molecule has 5 nitrogen and oxygen atoms in total. The predicted molar refractivity (Wildman–Crippen MR) is 99.5 cm³/mol. The predicted octanol–water partition coefficient (Wildman–Crippen LogP) is 2.36. The van der Waals surface area contributed by atoms with Gasteiger partial charge in [-0.05, 0) is 44.5 Å². The van der Waals surface area contributed by atoms with Crippen molar-refractivity contribution in [2.75, 3.05) is 19.6 Å². The van der Waals surface area contributed by atoms with Gasteiger partial charge in [0.1, 0.15) is 5.54 Å². The molecule has 0 spiro atoms. The molecule has 0 unspecified atom stereocenters. The van der Waals surface area contributed by atoms with Crippen LogP contribution in [0.1, 0.15) is 37.8 Å². The van der Waals surface area contributed by atoms with Crippen molar-refractivity contribution in [2.24, 2.45) is 0 Å². The number of carbonyl (C=O) groups is 1. The molecule has 1 aromatic heterocycles. The lowest BCUT2D eigenvalue weighted by molar-refractivity contribution is -0.132. The Kier molecular flexibility index (Phi) is 4.95. The van der Waals surface area contributed by atoms with Gasteiger partial charge >= 0.3 is 0 Å². The molecule has 0 atom stereocenters. The first-order valence-corrected chi connectivity index (χ1v) is 9.00. The van der Waals surface area contributed by atoms with Crippen LogP contribution in [-0.4, -0.2) is 35.3 Å². The summed E-state index contributed by atoms with van der Waals surface area (Å²) in [6.07, 6.45) is 5.15. The number of nitrogens with zero attached hydrogens (tertiary/aromatic N) is 2. The highest BCUT2D eigenvalue weighted by molar-refractivity contribution is 5.84. The Morgan fingerprint density at radius 1 is 1.32 bits per heavy atom. The fourth-order valence-electron chi connectivity index (χ4n) is 3.56. The fraction of sp³-hybridized carbons (Fsp3) is 0.500. The fourth-order valence-corrected chi connectivity index (χ4v) is 3.56. The second-order valence-corrected chi connectivity index (χ2v) is 7.67. The Morgan fingerprint density at radius 3 is 2.72 bits per heavy atom. The van der Waals surface area contributed by atoms with Crippen LogP contribution in [0, 0.1) is 6.92 Å². The molecule has 2 heterocycles. The number of hydrogen-bond donors (Lipinski definition) is 2. The van der Waals surface area contributed by atoms with Crippen LogP contribution in [-0.2, 0) is 15.7 Å². The average Bonchev–Trinajstić information content (AvgIpc) is 3.15. The molecule has 0 radical (unpaired) electrons. The average molecular weight is 340 g/mol. The Bertz CT molecular complexity index is 715. The number of aryl methyl sites for hydroxylation is 1. The maximum atomic E-state index is 13.2. The molecule has 1 fully saturated rings. The first-order chi connectivity index (χ1) is 11.9. The Hall–Kier alpha value is -2.14. The van der Waals surface area contributed by atoms with Gasteiger partial charge in [-0.25, -0.2) is 0 Å². The van der Waals surface area contributed by atoms with Gasteiger partial charge in [0.05, 0.1) is 0 Å². The largest absolute Gasteiger partial charge is 0.353 e. The number of piperidine rings is 1. The van der Waals surface area contributed by atoms with E-state index < -0.39 is 5.54 Å². The first kappa shape index (κ1) is 17.7. The van der Waals surface area contributed by atoms with Crippen LogP contribution in [0.5, 0.6) is 0 Å². The normalized spacial score (nSPS) is 17.2. The molecule has 2 N–H and O–H groups in total. The van der Waals surface area contributed by atoms with Crippen molar-refractivity contribution in [3.05, 3.63) is 53.9 Å². The van der Waals surface area contributed by atoms with E-state index in [0.29, 0.717) is 6.54 Å². The van der Waals surface area contributed by atoms with Gasteiger partial charge in [0.2, 0.25) is 5.91 Å². The summed E-state index contributed by atoms with van der Waals surface area (Å²) in [5.74, 6) is 0.0680. The summed E-state index contributed by atoms with van der Waals surface area (Å²) in [5.41, 5.74) is 1.77. The third-order valence-electron chi connectivity index (χ3n) is 5.29. The SMILES string of the molecule is Cc1cccc(C(C)(C)CNC(=O)C2(n3cccn3)CCNCC2)c1. The molecular formula is C20H28N4O. The molecule has 25 heavy (non-hydrogen) atoms. The lowest BCUT2D eigenvalue weighted by atomic mass is 9.82. The van der Waals surface area contributed by atoms with Crippen LogP contribution < -0.4 is 10.6 Å². The van der Waals surface area contributed by atoms with E-state index in [9.17, 15) is 4.79 Å². The van der Waals surface area contributed by atoms with Crippen molar-refractivity contribution >= 4 is 5.91 Å². The van der Waals surface area contributed by atoms with Crippen molar-refractivity contribution < 1.29 is 4.79 Å². The van der Waals surface area contributed by atoms with E-state index >= 15 is 0 Å². The number of aromatic nitrogens is 2. The van der Waals surface area contributed by atoms with Crippen molar-refractivity contribution in [3.63, 3.8) is 0 Å². The third kappa shape index (κ3) is 3.61. The Balaban J connectivity index is 1.76. The van der Waals surface area contributed by atoms with E-state index in [1.165, 1.54) is 11.1 Å². The van der Waals surface area contributed by atoms with E-state index in [2.05, 4.69) is 60.8 Å². The molecule has 0 bridgehead atoms. The third-order valence-corrected chi connectivity index (χ3v) is 5.29. The maximum Gasteiger partial charge on any atom is 0.248 e. The highest BCUT2D eigenvalue weighted by atomic mass is 16.2. The number of benzene rings is 1. The first-order valence-electron chi connectivity index (χ1n) is 9.00. The number of nitrogens with one attached hydrogen (secondary N) is 2. The summed E-state index contributed by atoms with van der Waals surface area (Å²) in [4.78, 5) is 13.2. The number of hydrogen-bond acceptors (Lipinski definition) is 3. The van der Waals surface area contributed by atoms with Crippen molar-refractivity contribution in [3.8, 4) is 0 Å². The number of rotatable bonds is 5. The van der Waals surface area contributed by atoms with Crippen LogP contribution in [0.2, 0.25) is 0 Å². The monoisotopic (exact) mass is 340 g/mol. The molecule has 0 aliphatic carbocycles. The van der Waals surface area contributed by atoms with Gasteiger partial charge in [0.25, 0.3) is 0 Å². The second-order valence-electron chi connectivity index (χ2n) is 7.67. The van der Waals surface area contributed by atoms with Crippen LogP contribution in [0.3, 0.4) is 0 Å². The minimum Gasteiger partial charge on any atom is -0.353 e. The summed E-state index contributed by atoms with van der Waals surface area (Å²) in [6.45, 7) is 8.70. The van der Waals surface area contributed by atoms with Gasteiger partial charge < -0.3 is 10.6 Å². The van der Waals surface area contributed by atoms with Gasteiger partial charge in [0.15, 0.2) is 0 Å². The molecule has 5 heteroatoms. The van der Waals surface area contributed by atoms with Gasteiger partial charge in [-0.3, -0.25) is 9.48 Å². The second kappa shape index (κ2) is 7.00. The maximum absolute atomic E-state index is 13.2. The number of carbonyl (C=O) groups excluding carboxylic acids is 1. The summed E-state index contributed by atoms with van der Waals surface area (Å²) in [7, 11) is 0. The molecule has 2 aromatic rings. The molecule has 3 rings (SSSR count). The molecule has 0 saturated carbocycles. The highest BCUT2D eigenvalue weighted by Crippen LogP contribution is 2.28. The summed E-state index contributed by atoms with van der Waals surface area (Å²) in [6, 6.07) is 10.4. The van der Waals surface area contributed by atoms with Crippen molar-refractivity contribution in [2.45, 2.75) is 44.6 Å².